The molecule has 4 heteroatoms. The fourth-order valence-electron chi connectivity index (χ4n) is 1.93. The first kappa shape index (κ1) is 13.5. The van der Waals surface area contributed by atoms with Crippen molar-refractivity contribution in [3.05, 3.63) is 0 Å². The number of carbonyl (C=O) groups excluding carboxylic acids is 1. The van der Waals surface area contributed by atoms with E-state index in [2.05, 4.69) is 5.32 Å². The molecule has 1 aliphatic rings. The van der Waals surface area contributed by atoms with Crippen molar-refractivity contribution in [2.75, 3.05) is 13.2 Å². The van der Waals surface area contributed by atoms with Crippen molar-refractivity contribution in [1.29, 1.82) is 0 Å². The summed E-state index contributed by atoms with van der Waals surface area (Å²) >= 11 is 0. The third kappa shape index (κ3) is 5.47. The lowest BCUT2D eigenvalue weighted by molar-refractivity contribution is -0.122. The molecule has 0 unspecified atom stereocenters. The summed E-state index contributed by atoms with van der Waals surface area (Å²) in [6, 6.07) is -0.417. The van der Waals surface area contributed by atoms with Crippen LogP contribution in [0.5, 0.6) is 0 Å². The van der Waals surface area contributed by atoms with Crippen LogP contribution in [-0.4, -0.2) is 31.2 Å². The smallest absolute Gasteiger partial charge is 0.236 e. The highest BCUT2D eigenvalue weighted by molar-refractivity contribution is 5.80. The maximum Gasteiger partial charge on any atom is 0.236 e. The van der Waals surface area contributed by atoms with Gasteiger partial charge in [-0.1, -0.05) is 19.3 Å². The molecule has 4 nitrogen and oxygen atoms in total. The molecule has 0 spiro atoms. The minimum atomic E-state index is -0.417. The van der Waals surface area contributed by atoms with Crippen LogP contribution < -0.4 is 11.1 Å². The maximum atomic E-state index is 11.1. The summed E-state index contributed by atoms with van der Waals surface area (Å²) in [5.41, 5.74) is 5.42. The van der Waals surface area contributed by atoms with Gasteiger partial charge in [0.15, 0.2) is 0 Å². The number of hydrogen-bond acceptors (Lipinski definition) is 3. The molecule has 1 fully saturated rings. The topological polar surface area (TPSA) is 64.4 Å². The second-order valence-electron chi connectivity index (χ2n) is 4.56. The molecule has 0 aromatic carbocycles. The van der Waals surface area contributed by atoms with Crippen molar-refractivity contribution >= 4 is 5.91 Å². The Morgan fingerprint density at radius 1 is 1.44 bits per heavy atom. The molecule has 0 aromatic heterocycles. The van der Waals surface area contributed by atoms with Crippen molar-refractivity contribution in [1.82, 2.24) is 5.32 Å². The van der Waals surface area contributed by atoms with E-state index in [1.807, 2.05) is 0 Å². The van der Waals surface area contributed by atoms with E-state index < -0.39 is 6.04 Å². The lowest BCUT2D eigenvalue weighted by atomic mass is 9.98. The van der Waals surface area contributed by atoms with Gasteiger partial charge in [0, 0.05) is 13.2 Å². The van der Waals surface area contributed by atoms with Gasteiger partial charge in [0.1, 0.15) is 0 Å². The number of ether oxygens (including phenoxy) is 1. The Bertz CT molecular complexity index is 201. The number of nitrogens with two attached hydrogens (primary N) is 1. The minimum absolute atomic E-state index is 0.0855. The molecule has 0 aliphatic heterocycles. The molecule has 3 N–H and O–H groups in total. The third-order valence-electron chi connectivity index (χ3n) is 2.94. The first-order valence-electron chi connectivity index (χ1n) is 6.35. The van der Waals surface area contributed by atoms with Gasteiger partial charge in [0.25, 0.3) is 0 Å². The molecular formula is C12H24N2O2. The second kappa shape index (κ2) is 7.63. The van der Waals surface area contributed by atoms with Crippen molar-refractivity contribution in [2.45, 2.75) is 57.6 Å². The zero-order valence-corrected chi connectivity index (χ0v) is 10.2. The van der Waals surface area contributed by atoms with Crippen molar-refractivity contribution in [3.8, 4) is 0 Å². The predicted molar refractivity (Wildman–Crippen MR) is 64.1 cm³/mol. The molecule has 1 aliphatic carbocycles. The van der Waals surface area contributed by atoms with Gasteiger partial charge in [-0.3, -0.25) is 4.79 Å². The SMILES string of the molecule is C[C@H](N)C(=O)NCCCOC1CCCCC1. The number of nitrogens with one attached hydrogen (secondary N) is 1. The van der Waals surface area contributed by atoms with E-state index >= 15 is 0 Å². The fourth-order valence-corrected chi connectivity index (χ4v) is 1.93. The van der Waals surface area contributed by atoms with Gasteiger partial charge in [0.05, 0.1) is 12.1 Å². The van der Waals surface area contributed by atoms with Gasteiger partial charge in [0.2, 0.25) is 5.91 Å². The van der Waals surface area contributed by atoms with Gasteiger partial charge in [-0.05, 0) is 26.2 Å². The van der Waals surface area contributed by atoms with Crippen molar-refractivity contribution in [3.63, 3.8) is 0 Å². The first-order valence-corrected chi connectivity index (χ1v) is 6.35. The van der Waals surface area contributed by atoms with Crippen molar-refractivity contribution in [2.24, 2.45) is 5.73 Å². The standard InChI is InChI=1S/C12H24N2O2/c1-10(13)12(15)14-8-5-9-16-11-6-3-2-4-7-11/h10-11H,2-9,13H2,1H3,(H,14,15)/t10-/m0/s1. The van der Waals surface area contributed by atoms with Crippen molar-refractivity contribution < 1.29 is 9.53 Å². The number of amides is 1. The van der Waals surface area contributed by atoms with Crippen LogP contribution in [0.15, 0.2) is 0 Å². The van der Waals surface area contributed by atoms with Gasteiger partial charge < -0.3 is 15.8 Å². The number of carbonyl (C=O) groups is 1. The van der Waals surface area contributed by atoms with Gasteiger partial charge in [-0.2, -0.15) is 0 Å². The average Bonchev–Trinajstić information content (AvgIpc) is 2.29. The Balaban J connectivity index is 1.93. The molecule has 1 atom stereocenters. The summed E-state index contributed by atoms with van der Waals surface area (Å²) in [5, 5.41) is 2.78. The van der Waals surface area contributed by atoms with E-state index in [0.717, 1.165) is 13.0 Å². The monoisotopic (exact) mass is 228 g/mol. The number of rotatable bonds is 6. The Hall–Kier alpha value is -0.610. The molecule has 0 heterocycles. The van der Waals surface area contributed by atoms with Crippen LogP contribution in [0.4, 0.5) is 0 Å². The van der Waals surface area contributed by atoms with E-state index in [9.17, 15) is 4.79 Å². The van der Waals surface area contributed by atoms with E-state index in [4.69, 9.17) is 10.5 Å². The third-order valence-corrected chi connectivity index (χ3v) is 2.94. The Morgan fingerprint density at radius 3 is 2.75 bits per heavy atom. The summed E-state index contributed by atoms with van der Waals surface area (Å²) < 4.78 is 5.74. The molecule has 0 saturated heterocycles. The van der Waals surface area contributed by atoms with Crippen LogP contribution in [0.25, 0.3) is 0 Å². The van der Waals surface area contributed by atoms with E-state index in [1.165, 1.54) is 32.1 Å². The highest BCUT2D eigenvalue weighted by atomic mass is 16.5. The van der Waals surface area contributed by atoms with Gasteiger partial charge in [-0.15, -0.1) is 0 Å². The first-order chi connectivity index (χ1) is 7.70. The highest BCUT2D eigenvalue weighted by Crippen LogP contribution is 2.20. The van der Waals surface area contributed by atoms with E-state index in [0.29, 0.717) is 12.6 Å². The number of hydrogen-bond donors (Lipinski definition) is 2. The summed E-state index contributed by atoms with van der Waals surface area (Å²) in [6.45, 7) is 3.09. The second-order valence-corrected chi connectivity index (χ2v) is 4.56. The van der Waals surface area contributed by atoms with Crippen LogP contribution in [0.3, 0.4) is 0 Å². The Morgan fingerprint density at radius 2 is 2.12 bits per heavy atom. The van der Waals surface area contributed by atoms with E-state index in [-0.39, 0.29) is 5.91 Å². The quantitative estimate of drug-likeness (QED) is 0.671. The average molecular weight is 228 g/mol. The molecule has 1 saturated carbocycles. The fraction of sp³-hybridized carbons (Fsp3) is 0.917. The lowest BCUT2D eigenvalue weighted by Gasteiger charge is -2.21. The highest BCUT2D eigenvalue weighted by Gasteiger charge is 2.13. The van der Waals surface area contributed by atoms with Crippen LogP contribution in [0.2, 0.25) is 0 Å². The molecule has 0 bridgehead atoms. The van der Waals surface area contributed by atoms with Crippen LogP contribution in [-0.2, 0) is 9.53 Å². The molecule has 0 radical (unpaired) electrons. The van der Waals surface area contributed by atoms with Crippen LogP contribution in [0, 0.1) is 0 Å². The summed E-state index contributed by atoms with van der Waals surface area (Å²) in [7, 11) is 0. The summed E-state index contributed by atoms with van der Waals surface area (Å²) in [5.74, 6) is -0.0855. The molecule has 94 valence electrons. The molecule has 16 heavy (non-hydrogen) atoms. The van der Waals surface area contributed by atoms with Gasteiger partial charge in [-0.25, -0.2) is 0 Å². The summed E-state index contributed by atoms with van der Waals surface area (Å²) in [6.07, 6.45) is 7.67. The predicted octanol–water partition coefficient (Wildman–Crippen LogP) is 1.19. The van der Waals surface area contributed by atoms with E-state index in [1.54, 1.807) is 6.92 Å². The normalized spacial score (nSPS) is 19.4. The zero-order chi connectivity index (χ0) is 11.8. The molecule has 1 rings (SSSR count). The largest absolute Gasteiger partial charge is 0.378 e. The van der Waals surface area contributed by atoms with Gasteiger partial charge >= 0.3 is 0 Å². The summed E-state index contributed by atoms with van der Waals surface area (Å²) in [4.78, 5) is 11.1. The molecular weight excluding hydrogens is 204 g/mol. The zero-order valence-electron chi connectivity index (χ0n) is 10.2. The van der Waals surface area contributed by atoms with Crippen LogP contribution in [0.1, 0.15) is 45.4 Å². The lowest BCUT2D eigenvalue weighted by Crippen LogP contribution is -2.39. The molecule has 0 aromatic rings. The Kier molecular flexibility index (Phi) is 6.42. The van der Waals surface area contributed by atoms with Crippen LogP contribution >= 0.6 is 0 Å². The Labute approximate surface area is 97.9 Å². The maximum absolute atomic E-state index is 11.1. The molecule has 1 amide bonds. The minimum Gasteiger partial charge on any atom is -0.378 e.